The third kappa shape index (κ3) is 2.03. The zero-order valence-electron chi connectivity index (χ0n) is 8.11. The van der Waals surface area contributed by atoms with Crippen LogP contribution in [-0.2, 0) is 0 Å². The van der Waals surface area contributed by atoms with Crippen molar-refractivity contribution in [3.8, 4) is 12.3 Å². The fraction of sp³-hybridized carbons (Fsp3) is 0.200. The Bertz CT molecular complexity index is 526. The third-order valence-electron chi connectivity index (χ3n) is 1.89. The summed E-state index contributed by atoms with van der Waals surface area (Å²) in [5, 5.41) is 7.77. The Balaban J connectivity index is 2.35. The van der Waals surface area contributed by atoms with Gasteiger partial charge in [-0.1, -0.05) is 17.5 Å². The van der Waals surface area contributed by atoms with Gasteiger partial charge in [0.05, 0.1) is 11.1 Å². The van der Waals surface area contributed by atoms with E-state index in [0.29, 0.717) is 11.0 Å². The van der Waals surface area contributed by atoms with Gasteiger partial charge in [0, 0.05) is 6.20 Å². The predicted octanol–water partition coefficient (Wildman–Crippen LogP) is 1.82. The summed E-state index contributed by atoms with van der Waals surface area (Å²) >= 11 is 5.82. The zero-order valence-corrected chi connectivity index (χ0v) is 8.86. The molecule has 1 unspecified atom stereocenters. The third-order valence-corrected chi connectivity index (χ3v) is 2.11. The number of nitrogens with one attached hydrogen (secondary N) is 1. The van der Waals surface area contributed by atoms with Gasteiger partial charge in [-0.15, -0.1) is 11.5 Å². The standard InChI is InChI=1S/C10H9ClN4/c1-3-7(2)12-10-13-9-5-4-8(11)6-15(9)14-10/h1,4-7H,2H3,(H,12,14). The molecule has 4 nitrogen and oxygen atoms in total. The summed E-state index contributed by atoms with van der Waals surface area (Å²) < 4.78 is 1.61. The minimum atomic E-state index is -0.0992. The summed E-state index contributed by atoms with van der Waals surface area (Å²) in [6.07, 6.45) is 6.93. The maximum absolute atomic E-state index is 5.82. The predicted molar refractivity (Wildman–Crippen MR) is 59.9 cm³/mol. The molecule has 15 heavy (non-hydrogen) atoms. The molecule has 2 aromatic rings. The zero-order chi connectivity index (χ0) is 10.8. The second-order valence-electron chi connectivity index (χ2n) is 3.12. The number of halogens is 1. The summed E-state index contributed by atoms with van der Waals surface area (Å²) in [4.78, 5) is 4.23. The van der Waals surface area contributed by atoms with E-state index in [1.54, 1.807) is 22.8 Å². The van der Waals surface area contributed by atoms with Crippen molar-refractivity contribution in [1.82, 2.24) is 14.6 Å². The molecule has 0 amide bonds. The Labute approximate surface area is 92.3 Å². The molecule has 2 aromatic heterocycles. The lowest BCUT2D eigenvalue weighted by Crippen LogP contribution is -2.13. The second kappa shape index (κ2) is 3.79. The van der Waals surface area contributed by atoms with Gasteiger partial charge in [0.25, 0.3) is 0 Å². The Kier molecular flexibility index (Phi) is 2.48. The van der Waals surface area contributed by atoms with Crippen molar-refractivity contribution in [3.05, 3.63) is 23.4 Å². The van der Waals surface area contributed by atoms with Gasteiger partial charge >= 0.3 is 0 Å². The van der Waals surface area contributed by atoms with Gasteiger partial charge in [0.1, 0.15) is 0 Å². The van der Waals surface area contributed by atoms with Crippen molar-refractivity contribution in [2.45, 2.75) is 13.0 Å². The molecule has 2 rings (SSSR count). The van der Waals surface area contributed by atoms with Crippen LogP contribution >= 0.6 is 11.6 Å². The van der Waals surface area contributed by atoms with Gasteiger partial charge in [-0.25, -0.2) is 4.52 Å². The molecule has 0 saturated carbocycles. The highest BCUT2D eigenvalue weighted by Crippen LogP contribution is 2.11. The number of aromatic nitrogens is 3. The SMILES string of the molecule is C#CC(C)Nc1nc2ccc(Cl)cn2n1. The van der Waals surface area contributed by atoms with Crippen molar-refractivity contribution in [2.24, 2.45) is 0 Å². The molecule has 0 aliphatic heterocycles. The molecule has 0 fully saturated rings. The molecule has 0 aliphatic carbocycles. The second-order valence-corrected chi connectivity index (χ2v) is 3.55. The fourth-order valence-corrected chi connectivity index (χ4v) is 1.31. The quantitative estimate of drug-likeness (QED) is 0.785. The highest BCUT2D eigenvalue weighted by Gasteiger charge is 2.05. The van der Waals surface area contributed by atoms with E-state index in [9.17, 15) is 0 Å². The van der Waals surface area contributed by atoms with Gasteiger partial charge in [0.2, 0.25) is 5.95 Å². The van der Waals surface area contributed by atoms with Crippen LogP contribution in [0.5, 0.6) is 0 Å². The largest absolute Gasteiger partial charge is 0.340 e. The average Bonchev–Trinajstić information content (AvgIpc) is 2.59. The van der Waals surface area contributed by atoms with E-state index in [-0.39, 0.29) is 6.04 Å². The molecule has 0 bridgehead atoms. The summed E-state index contributed by atoms with van der Waals surface area (Å²) in [7, 11) is 0. The van der Waals surface area contributed by atoms with Crippen molar-refractivity contribution in [2.75, 3.05) is 5.32 Å². The fourth-order valence-electron chi connectivity index (χ4n) is 1.15. The Morgan fingerprint density at radius 3 is 3.13 bits per heavy atom. The highest BCUT2D eigenvalue weighted by atomic mass is 35.5. The normalized spacial score (nSPS) is 12.3. The minimum Gasteiger partial charge on any atom is -0.340 e. The maximum Gasteiger partial charge on any atom is 0.244 e. The molecular formula is C10H9ClN4. The van der Waals surface area contributed by atoms with Gasteiger partial charge in [-0.05, 0) is 19.1 Å². The first-order valence-electron chi connectivity index (χ1n) is 4.43. The molecule has 0 radical (unpaired) electrons. The number of pyridine rings is 1. The molecule has 0 aliphatic rings. The van der Waals surface area contributed by atoms with Crippen LogP contribution < -0.4 is 5.32 Å². The van der Waals surface area contributed by atoms with Crippen LogP contribution in [0.15, 0.2) is 18.3 Å². The Morgan fingerprint density at radius 1 is 1.60 bits per heavy atom. The number of rotatable bonds is 2. The lowest BCUT2D eigenvalue weighted by molar-refractivity contribution is 0.932. The van der Waals surface area contributed by atoms with Gasteiger partial charge in [-0.3, -0.25) is 0 Å². The molecule has 2 heterocycles. The van der Waals surface area contributed by atoms with Crippen LogP contribution in [0.2, 0.25) is 5.02 Å². The van der Waals surface area contributed by atoms with Gasteiger partial charge in [-0.2, -0.15) is 4.98 Å². The van der Waals surface area contributed by atoms with E-state index in [1.165, 1.54) is 0 Å². The maximum atomic E-state index is 5.82. The molecule has 0 saturated heterocycles. The first-order chi connectivity index (χ1) is 7.19. The number of nitrogens with zero attached hydrogens (tertiary/aromatic N) is 3. The minimum absolute atomic E-state index is 0.0992. The van der Waals surface area contributed by atoms with E-state index >= 15 is 0 Å². The Morgan fingerprint density at radius 2 is 2.40 bits per heavy atom. The van der Waals surface area contributed by atoms with Crippen molar-refractivity contribution < 1.29 is 0 Å². The van der Waals surface area contributed by atoms with Crippen molar-refractivity contribution in [3.63, 3.8) is 0 Å². The highest BCUT2D eigenvalue weighted by molar-refractivity contribution is 6.30. The van der Waals surface area contributed by atoms with E-state index in [4.69, 9.17) is 18.0 Å². The molecule has 1 N–H and O–H groups in total. The summed E-state index contributed by atoms with van der Waals surface area (Å²) in [6, 6.07) is 3.46. The van der Waals surface area contributed by atoms with Crippen LogP contribution in [0.25, 0.3) is 5.65 Å². The summed E-state index contributed by atoms with van der Waals surface area (Å²) in [5.74, 6) is 3.05. The molecule has 1 atom stereocenters. The number of terminal acetylenes is 1. The summed E-state index contributed by atoms with van der Waals surface area (Å²) in [6.45, 7) is 1.86. The lowest BCUT2D eigenvalue weighted by Gasteiger charge is -2.02. The van der Waals surface area contributed by atoms with E-state index in [0.717, 1.165) is 5.65 Å². The van der Waals surface area contributed by atoms with Gasteiger partial charge in [0.15, 0.2) is 5.65 Å². The van der Waals surface area contributed by atoms with Crippen LogP contribution in [0.1, 0.15) is 6.92 Å². The molecule has 76 valence electrons. The number of fused-ring (bicyclic) bond motifs is 1. The number of anilines is 1. The van der Waals surface area contributed by atoms with Gasteiger partial charge < -0.3 is 5.32 Å². The lowest BCUT2D eigenvalue weighted by atomic mass is 10.4. The first-order valence-corrected chi connectivity index (χ1v) is 4.81. The first kappa shape index (κ1) is 9.81. The molecule has 0 aromatic carbocycles. The topological polar surface area (TPSA) is 42.2 Å². The molecular weight excluding hydrogens is 212 g/mol. The van der Waals surface area contributed by atoms with Crippen LogP contribution in [0, 0.1) is 12.3 Å². The van der Waals surface area contributed by atoms with Crippen molar-refractivity contribution >= 4 is 23.2 Å². The molecule has 5 heteroatoms. The van der Waals surface area contributed by atoms with Crippen molar-refractivity contribution in [1.29, 1.82) is 0 Å². The van der Waals surface area contributed by atoms with Crippen LogP contribution in [-0.4, -0.2) is 20.6 Å². The monoisotopic (exact) mass is 220 g/mol. The van der Waals surface area contributed by atoms with E-state index in [2.05, 4.69) is 21.3 Å². The molecule has 0 spiro atoms. The van der Waals surface area contributed by atoms with Crippen LogP contribution in [0.4, 0.5) is 5.95 Å². The number of hydrogen-bond acceptors (Lipinski definition) is 3. The van der Waals surface area contributed by atoms with Crippen LogP contribution in [0.3, 0.4) is 0 Å². The van der Waals surface area contributed by atoms with E-state index < -0.39 is 0 Å². The smallest absolute Gasteiger partial charge is 0.244 e. The number of hydrogen-bond donors (Lipinski definition) is 1. The average molecular weight is 221 g/mol. The van der Waals surface area contributed by atoms with E-state index in [1.807, 2.05) is 6.92 Å². The summed E-state index contributed by atoms with van der Waals surface area (Å²) in [5.41, 5.74) is 0.728. The Hall–Kier alpha value is -1.73.